The van der Waals surface area contributed by atoms with Gasteiger partial charge < -0.3 is 10.6 Å². The smallest absolute Gasteiger partial charge is 0.248 e. The van der Waals surface area contributed by atoms with Crippen LogP contribution in [0.15, 0.2) is 48.5 Å². The van der Waals surface area contributed by atoms with Crippen molar-refractivity contribution < 1.29 is 4.79 Å². The number of carbonyl (C=O) groups excluding carboxylic acids is 1. The molecule has 1 aliphatic rings. The van der Waals surface area contributed by atoms with Gasteiger partial charge in [0.25, 0.3) is 0 Å². The molecule has 0 spiro atoms. The molecule has 2 aromatic carbocycles. The summed E-state index contributed by atoms with van der Waals surface area (Å²) in [4.78, 5) is 15.9. The Hall–Kier alpha value is -2.04. The Labute approximate surface area is 141 Å². The first-order chi connectivity index (χ1) is 11.1. The first kappa shape index (κ1) is 15.8. The summed E-state index contributed by atoms with van der Waals surface area (Å²) < 4.78 is 0. The molecule has 3 rings (SSSR count). The van der Waals surface area contributed by atoms with Gasteiger partial charge in [0.05, 0.1) is 0 Å². The molecule has 2 aromatic rings. The number of halogens is 1. The van der Waals surface area contributed by atoms with E-state index in [4.69, 9.17) is 17.3 Å². The van der Waals surface area contributed by atoms with Gasteiger partial charge >= 0.3 is 0 Å². The van der Waals surface area contributed by atoms with Crippen LogP contribution in [0, 0.1) is 0 Å². The minimum absolute atomic E-state index is 0.385. The van der Waals surface area contributed by atoms with Gasteiger partial charge in [-0.2, -0.15) is 0 Å². The molecule has 0 aliphatic carbocycles. The van der Waals surface area contributed by atoms with Crippen LogP contribution < -0.4 is 10.6 Å². The summed E-state index contributed by atoms with van der Waals surface area (Å²) in [5, 5.41) is 0.776. The number of hydrogen-bond donors (Lipinski definition) is 1. The molecule has 0 aromatic heterocycles. The predicted molar refractivity (Wildman–Crippen MR) is 93.9 cm³/mol. The second-order valence-corrected chi connectivity index (χ2v) is 6.24. The molecular weight excluding hydrogens is 310 g/mol. The molecule has 1 saturated heterocycles. The molecule has 0 bridgehead atoms. The highest BCUT2D eigenvalue weighted by molar-refractivity contribution is 6.30. The van der Waals surface area contributed by atoms with Crippen molar-refractivity contribution in [3.63, 3.8) is 0 Å². The van der Waals surface area contributed by atoms with Gasteiger partial charge in [0, 0.05) is 49.0 Å². The standard InChI is InChI=1S/C18H20ClN3O/c19-16-5-1-14(2-6-16)13-21-9-11-22(12-10-21)17-7-3-15(4-8-17)18(20)23/h1-8H,9-13H2,(H2,20,23). The number of primary amides is 1. The second kappa shape index (κ2) is 7.02. The van der Waals surface area contributed by atoms with Crippen molar-refractivity contribution in [2.45, 2.75) is 6.54 Å². The van der Waals surface area contributed by atoms with E-state index in [1.165, 1.54) is 5.56 Å². The average molecular weight is 330 g/mol. The molecular formula is C18H20ClN3O. The van der Waals surface area contributed by atoms with Crippen LogP contribution in [0.1, 0.15) is 15.9 Å². The molecule has 2 N–H and O–H groups in total. The first-order valence-electron chi connectivity index (χ1n) is 7.73. The highest BCUT2D eigenvalue weighted by Gasteiger charge is 2.17. The van der Waals surface area contributed by atoms with Gasteiger partial charge in [-0.05, 0) is 42.0 Å². The minimum atomic E-state index is -0.385. The number of hydrogen-bond acceptors (Lipinski definition) is 3. The monoisotopic (exact) mass is 329 g/mol. The van der Waals surface area contributed by atoms with Gasteiger partial charge in [-0.25, -0.2) is 0 Å². The third-order valence-corrected chi connectivity index (χ3v) is 4.46. The van der Waals surface area contributed by atoms with Crippen LogP contribution >= 0.6 is 11.6 Å². The lowest BCUT2D eigenvalue weighted by Gasteiger charge is -2.36. The zero-order chi connectivity index (χ0) is 16.2. The zero-order valence-electron chi connectivity index (χ0n) is 12.9. The van der Waals surface area contributed by atoms with Crippen LogP contribution in [-0.2, 0) is 6.54 Å². The maximum Gasteiger partial charge on any atom is 0.248 e. The molecule has 0 saturated carbocycles. The summed E-state index contributed by atoms with van der Waals surface area (Å²) in [6.45, 7) is 4.93. The third kappa shape index (κ3) is 4.03. The zero-order valence-corrected chi connectivity index (χ0v) is 13.7. The summed E-state index contributed by atoms with van der Waals surface area (Å²) >= 11 is 5.92. The first-order valence-corrected chi connectivity index (χ1v) is 8.11. The lowest BCUT2D eigenvalue weighted by Crippen LogP contribution is -2.45. The molecule has 120 valence electrons. The fourth-order valence-corrected chi connectivity index (χ4v) is 2.97. The summed E-state index contributed by atoms with van der Waals surface area (Å²) in [6, 6.07) is 15.6. The van der Waals surface area contributed by atoms with E-state index in [2.05, 4.69) is 21.9 Å². The Balaban J connectivity index is 1.55. The topological polar surface area (TPSA) is 49.6 Å². The molecule has 0 unspecified atom stereocenters. The Morgan fingerprint density at radius 1 is 0.957 bits per heavy atom. The van der Waals surface area contributed by atoms with Crippen LogP contribution in [0.25, 0.3) is 0 Å². The van der Waals surface area contributed by atoms with Crippen LogP contribution in [-0.4, -0.2) is 37.0 Å². The predicted octanol–water partition coefficient (Wildman–Crippen LogP) is 2.76. The van der Waals surface area contributed by atoms with Crippen molar-refractivity contribution in [1.82, 2.24) is 4.90 Å². The molecule has 0 atom stereocenters. The molecule has 1 fully saturated rings. The number of carbonyl (C=O) groups is 1. The van der Waals surface area contributed by atoms with E-state index in [0.717, 1.165) is 43.4 Å². The van der Waals surface area contributed by atoms with E-state index in [1.807, 2.05) is 24.3 Å². The third-order valence-electron chi connectivity index (χ3n) is 4.21. The Bertz CT molecular complexity index is 662. The molecule has 23 heavy (non-hydrogen) atoms. The number of piperazine rings is 1. The van der Waals surface area contributed by atoms with E-state index >= 15 is 0 Å². The molecule has 1 aliphatic heterocycles. The maximum absolute atomic E-state index is 11.1. The van der Waals surface area contributed by atoms with E-state index in [-0.39, 0.29) is 5.91 Å². The highest BCUT2D eigenvalue weighted by Crippen LogP contribution is 2.18. The van der Waals surface area contributed by atoms with E-state index in [1.54, 1.807) is 12.1 Å². The SMILES string of the molecule is NC(=O)c1ccc(N2CCN(Cc3ccc(Cl)cc3)CC2)cc1. The maximum atomic E-state index is 11.1. The average Bonchev–Trinajstić information content (AvgIpc) is 2.58. The molecule has 1 heterocycles. The van der Waals surface area contributed by atoms with Gasteiger partial charge in [0.1, 0.15) is 0 Å². The van der Waals surface area contributed by atoms with Gasteiger partial charge in [0.2, 0.25) is 5.91 Å². The number of anilines is 1. The normalized spacial score (nSPS) is 15.6. The largest absolute Gasteiger partial charge is 0.369 e. The molecule has 5 heteroatoms. The van der Waals surface area contributed by atoms with E-state index in [9.17, 15) is 4.79 Å². The second-order valence-electron chi connectivity index (χ2n) is 5.80. The van der Waals surface area contributed by atoms with Crippen LogP contribution in [0.2, 0.25) is 5.02 Å². The van der Waals surface area contributed by atoms with Crippen LogP contribution in [0.4, 0.5) is 5.69 Å². The van der Waals surface area contributed by atoms with Gasteiger partial charge in [0.15, 0.2) is 0 Å². The van der Waals surface area contributed by atoms with Gasteiger partial charge in [-0.1, -0.05) is 23.7 Å². The number of amides is 1. The molecule has 4 nitrogen and oxygen atoms in total. The van der Waals surface area contributed by atoms with Gasteiger partial charge in [-0.15, -0.1) is 0 Å². The van der Waals surface area contributed by atoms with Crippen molar-refractivity contribution in [1.29, 1.82) is 0 Å². The number of nitrogens with two attached hydrogens (primary N) is 1. The Morgan fingerprint density at radius 2 is 1.57 bits per heavy atom. The van der Waals surface area contributed by atoms with Crippen LogP contribution in [0.3, 0.4) is 0 Å². The lowest BCUT2D eigenvalue weighted by atomic mass is 10.1. The highest BCUT2D eigenvalue weighted by atomic mass is 35.5. The molecule has 0 radical (unpaired) electrons. The summed E-state index contributed by atoms with van der Waals surface area (Å²) in [6.07, 6.45) is 0. The lowest BCUT2D eigenvalue weighted by molar-refractivity contribution is 0.100. The van der Waals surface area contributed by atoms with Crippen molar-refractivity contribution in [2.75, 3.05) is 31.1 Å². The Morgan fingerprint density at radius 3 is 2.13 bits per heavy atom. The van der Waals surface area contributed by atoms with Crippen molar-refractivity contribution >= 4 is 23.2 Å². The quantitative estimate of drug-likeness (QED) is 0.938. The Kier molecular flexibility index (Phi) is 4.84. The molecule has 1 amide bonds. The van der Waals surface area contributed by atoms with Crippen molar-refractivity contribution in [3.05, 3.63) is 64.7 Å². The van der Waals surface area contributed by atoms with E-state index < -0.39 is 0 Å². The minimum Gasteiger partial charge on any atom is -0.369 e. The number of nitrogens with zero attached hydrogens (tertiary/aromatic N) is 2. The van der Waals surface area contributed by atoms with Crippen molar-refractivity contribution in [2.24, 2.45) is 5.73 Å². The number of rotatable bonds is 4. The number of benzene rings is 2. The van der Waals surface area contributed by atoms with E-state index in [0.29, 0.717) is 5.56 Å². The summed E-state index contributed by atoms with van der Waals surface area (Å²) in [5.74, 6) is -0.385. The van der Waals surface area contributed by atoms with Gasteiger partial charge in [-0.3, -0.25) is 9.69 Å². The fraction of sp³-hybridized carbons (Fsp3) is 0.278. The summed E-state index contributed by atoms with van der Waals surface area (Å²) in [7, 11) is 0. The van der Waals surface area contributed by atoms with Crippen molar-refractivity contribution in [3.8, 4) is 0 Å². The summed E-state index contributed by atoms with van der Waals surface area (Å²) in [5.41, 5.74) is 8.25. The van der Waals surface area contributed by atoms with Crippen LogP contribution in [0.5, 0.6) is 0 Å². The fourth-order valence-electron chi connectivity index (χ4n) is 2.85.